The molecular formula is C17H30BFO3. The first-order valence-corrected chi connectivity index (χ1v) is 8.34. The molecule has 0 bridgehead atoms. The average Bonchev–Trinajstić information content (AvgIpc) is 2.67. The van der Waals surface area contributed by atoms with E-state index in [1.807, 2.05) is 27.7 Å². The van der Waals surface area contributed by atoms with Gasteiger partial charge in [-0.3, -0.25) is 0 Å². The number of hydrogen-bond donors (Lipinski definition) is 1. The van der Waals surface area contributed by atoms with E-state index in [0.717, 1.165) is 31.3 Å². The second-order valence-electron chi connectivity index (χ2n) is 8.46. The van der Waals surface area contributed by atoms with Crippen molar-refractivity contribution >= 4 is 7.12 Å². The van der Waals surface area contributed by atoms with Gasteiger partial charge in [0.1, 0.15) is 5.73 Å². The highest BCUT2D eigenvalue weighted by Crippen LogP contribution is 2.43. The Morgan fingerprint density at radius 1 is 1.18 bits per heavy atom. The zero-order valence-electron chi connectivity index (χ0n) is 14.8. The van der Waals surface area contributed by atoms with Gasteiger partial charge in [-0.15, -0.1) is 0 Å². The Morgan fingerprint density at radius 2 is 1.64 bits per heavy atom. The van der Waals surface area contributed by atoms with Gasteiger partial charge in [0.2, 0.25) is 0 Å². The number of allylic oxidation sites excluding steroid dienone is 1. The SMILES string of the molecule is CC(C)(CO)C1CCC(=C(F)B2OC(C)(C)C(C)(C)O2)CC1. The molecule has 0 atom stereocenters. The quantitative estimate of drug-likeness (QED) is 0.799. The van der Waals surface area contributed by atoms with Crippen molar-refractivity contribution in [2.45, 2.75) is 78.4 Å². The molecule has 1 saturated carbocycles. The monoisotopic (exact) mass is 312 g/mol. The number of aliphatic hydroxyl groups is 1. The third kappa shape index (κ3) is 3.27. The van der Waals surface area contributed by atoms with Crippen LogP contribution in [0, 0.1) is 11.3 Å². The van der Waals surface area contributed by atoms with Crippen LogP contribution >= 0.6 is 0 Å². The maximum absolute atomic E-state index is 14.8. The van der Waals surface area contributed by atoms with Gasteiger partial charge in [-0.1, -0.05) is 13.8 Å². The molecule has 1 N–H and O–H groups in total. The largest absolute Gasteiger partial charge is 0.525 e. The lowest BCUT2D eigenvalue weighted by Gasteiger charge is -2.36. The molecule has 3 nitrogen and oxygen atoms in total. The topological polar surface area (TPSA) is 38.7 Å². The normalized spacial score (nSPS) is 28.1. The predicted octanol–water partition coefficient (Wildman–Crippen LogP) is 4.05. The van der Waals surface area contributed by atoms with Gasteiger partial charge in [-0.25, -0.2) is 4.39 Å². The van der Waals surface area contributed by atoms with E-state index in [2.05, 4.69) is 13.8 Å². The average molecular weight is 312 g/mol. The number of rotatable bonds is 3. The fraction of sp³-hybridized carbons (Fsp3) is 0.882. The van der Waals surface area contributed by atoms with Gasteiger partial charge in [0.15, 0.2) is 0 Å². The molecule has 0 radical (unpaired) electrons. The maximum Gasteiger partial charge on any atom is 0.525 e. The summed E-state index contributed by atoms with van der Waals surface area (Å²) in [4.78, 5) is 0. The van der Waals surface area contributed by atoms with E-state index in [4.69, 9.17) is 9.31 Å². The van der Waals surface area contributed by atoms with Crippen LogP contribution in [0.1, 0.15) is 67.2 Å². The van der Waals surface area contributed by atoms with Crippen molar-refractivity contribution in [3.63, 3.8) is 0 Å². The summed E-state index contributed by atoms with van der Waals surface area (Å²) in [6.45, 7) is 12.1. The lowest BCUT2D eigenvalue weighted by atomic mass is 9.69. The number of aliphatic hydroxyl groups excluding tert-OH is 1. The molecule has 2 aliphatic rings. The minimum absolute atomic E-state index is 0.0909. The number of hydrogen-bond acceptors (Lipinski definition) is 3. The molecular weight excluding hydrogens is 282 g/mol. The fourth-order valence-corrected chi connectivity index (χ4v) is 3.23. The molecule has 1 aliphatic carbocycles. The smallest absolute Gasteiger partial charge is 0.398 e. The van der Waals surface area contributed by atoms with E-state index in [1.165, 1.54) is 0 Å². The van der Waals surface area contributed by atoms with Crippen molar-refractivity contribution in [2.24, 2.45) is 11.3 Å². The molecule has 0 aromatic rings. The maximum atomic E-state index is 14.8. The van der Waals surface area contributed by atoms with Crippen molar-refractivity contribution in [3.05, 3.63) is 11.3 Å². The Balaban J connectivity index is 2.05. The van der Waals surface area contributed by atoms with Crippen molar-refractivity contribution in [3.8, 4) is 0 Å². The predicted molar refractivity (Wildman–Crippen MR) is 87.0 cm³/mol. The molecule has 0 aromatic heterocycles. The highest BCUT2D eigenvalue weighted by molar-refractivity contribution is 6.53. The second-order valence-corrected chi connectivity index (χ2v) is 8.46. The first kappa shape index (κ1) is 18.0. The lowest BCUT2D eigenvalue weighted by molar-refractivity contribution is 0.00578. The van der Waals surface area contributed by atoms with E-state index in [0.29, 0.717) is 5.92 Å². The Kier molecular flexibility index (Phi) is 4.83. The Labute approximate surface area is 134 Å². The summed E-state index contributed by atoms with van der Waals surface area (Å²) < 4.78 is 26.4. The third-order valence-corrected chi connectivity index (χ3v) is 5.90. The summed E-state index contributed by atoms with van der Waals surface area (Å²) in [5, 5.41) is 9.48. The summed E-state index contributed by atoms with van der Waals surface area (Å²) >= 11 is 0. The minimum atomic E-state index is -0.873. The van der Waals surface area contributed by atoms with Crippen LogP contribution in [0.2, 0.25) is 0 Å². The van der Waals surface area contributed by atoms with E-state index in [9.17, 15) is 9.50 Å². The van der Waals surface area contributed by atoms with Crippen molar-refractivity contribution < 1.29 is 18.8 Å². The van der Waals surface area contributed by atoms with Gasteiger partial charge in [0, 0.05) is 6.61 Å². The molecule has 1 saturated heterocycles. The van der Waals surface area contributed by atoms with Crippen LogP contribution in [0.25, 0.3) is 0 Å². The van der Waals surface area contributed by atoms with Gasteiger partial charge in [0.05, 0.1) is 11.2 Å². The third-order valence-electron chi connectivity index (χ3n) is 5.90. The molecule has 22 heavy (non-hydrogen) atoms. The molecule has 2 rings (SSSR count). The summed E-state index contributed by atoms with van der Waals surface area (Å²) in [7, 11) is -0.873. The van der Waals surface area contributed by atoms with Gasteiger partial charge in [-0.05, 0) is 70.3 Å². The van der Waals surface area contributed by atoms with Crippen molar-refractivity contribution in [1.82, 2.24) is 0 Å². The Morgan fingerprint density at radius 3 is 2.05 bits per heavy atom. The van der Waals surface area contributed by atoms with E-state index in [1.54, 1.807) is 0 Å². The lowest BCUT2D eigenvalue weighted by Crippen LogP contribution is -2.41. The van der Waals surface area contributed by atoms with Gasteiger partial charge < -0.3 is 14.4 Å². The highest BCUT2D eigenvalue weighted by atomic mass is 19.1. The summed E-state index contributed by atoms with van der Waals surface area (Å²) in [6.07, 6.45) is 3.28. The molecule has 0 amide bonds. The summed E-state index contributed by atoms with van der Waals surface area (Å²) in [5.74, 6) is 0.437. The van der Waals surface area contributed by atoms with Crippen LogP contribution in [0.4, 0.5) is 4.39 Å². The molecule has 0 spiro atoms. The van der Waals surface area contributed by atoms with Crippen LogP contribution in [0.3, 0.4) is 0 Å². The molecule has 5 heteroatoms. The van der Waals surface area contributed by atoms with E-state index >= 15 is 0 Å². The van der Waals surface area contributed by atoms with E-state index in [-0.39, 0.29) is 17.7 Å². The molecule has 126 valence electrons. The first-order chi connectivity index (χ1) is 10.00. The van der Waals surface area contributed by atoms with Crippen LogP contribution in [-0.4, -0.2) is 30.0 Å². The fourth-order valence-electron chi connectivity index (χ4n) is 3.23. The molecule has 1 aliphatic heterocycles. The first-order valence-electron chi connectivity index (χ1n) is 8.34. The van der Waals surface area contributed by atoms with Crippen LogP contribution in [0.5, 0.6) is 0 Å². The molecule has 2 fully saturated rings. The second kappa shape index (κ2) is 5.92. The Bertz CT molecular complexity index is 431. The van der Waals surface area contributed by atoms with Crippen molar-refractivity contribution in [2.75, 3.05) is 6.61 Å². The van der Waals surface area contributed by atoms with Crippen LogP contribution in [-0.2, 0) is 9.31 Å². The molecule has 0 unspecified atom stereocenters. The molecule has 1 heterocycles. The van der Waals surface area contributed by atoms with Crippen molar-refractivity contribution in [1.29, 1.82) is 0 Å². The summed E-state index contributed by atoms with van der Waals surface area (Å²) in [5.41, 5.74) is -0.522. The summed E-state index contributed by atoms with van der Waals surface area (Å²) in [6, 6.07) is 0. The number of halogens is 1. The minimum Gasteiger partial charge on any atom is -0.398 e. The van der Waals surface area contributed by atoms with Crippen LogP contribution in [0.15, 0.2) is 11.3 Å². The standard InChI is InChI=1S/C17H30BFO3/c1-15(2,11-20)13-9-7-12(8-10-13)14(19)18-21-16(3,4)17(5,6)22-18/h13,20H,7-11H2,1-6H3. The zero-order chi connectivity index (χ0) is 16.8. The Hall–Kier alpha value is -0.385. The van der Waals surface area contributed by atoms with Gasteiger partial charge >= 0.3 is 7.12 Å². The highest BCUT2D eigenvalue weighted by Gasteiger charge is 2.53. The van der Waals surface area contributed by atoms with Crippen LogP contribution < -0.4 is 0 Å². The van der Waals surface area contributed by atoms with Gasteiger partial charge in [0.25, 0.3) is 0 Å². The van der Waals surface area contributed by atoms with E-state index < -0.39 is 18.3 Å². The molecule has 0 aromatic carbocycles. The zero-order valence-corrected chi connectivity index (χ0v) is 14.8. The van der Waals surface area contributed by atoms with Gasteiger partial charge in [-0.2, -0.15) is 0 Å².